The molecule has 380 valence electrons. The topological polar surface area (TPSA) is 183 Å². The summed E-state index contributed by atoms with van der Waals surface area (Å²) in [5.41, 5.74) is -0.861. The van der Waals surface area contributed by atoms with Gasteiger partial charge in [0.1, 0.15) is 0 Å². The Morgan fingerprint density at radius 2 is 1.30 bits per heavy atom. The van der Waals surface area contributed by atoms with Crippen molar-refractivity contribution in [2.45, 2.75) is 206 Å². The number of nitrogens with one attached hydrogen (secondary N) is 1. The fourth-order valence-corrected chi connectivity index (χ4v) is 19.5. The van der Waals surface area contributed by atoms with Gasteiger partial charge in [0.05, 0.1) is 36.6 Å². The van der Waals surface area contributed by atoms with Crippen LogP contribution < -0.4 is 5.23 Å². The Balaban J connectivity index is 0.935. The molecule has 9 fully saturated rings. The predicted octanol–water partition coefficient (Wildman–Crippen LogP) is 5.43. The maximum atomic E-state index is 15.2. The molecular formula is C54H92BN3O9. The second-order valence-electron chi connectivity index (χ2n) is 25.8. The number of amides is 2. The predicted molar refractivity (Wildman–Crippen MR) is 259 cm³/mol. The number of nitrogens with zero attached hydrogens (tertiary/aromatic N) is 2. The molecule has 13 heteroatoms. The number of carbonyl (C=O) groups is 2. The Kier molecular flexibility index (Phi) is 14.8. The SMILES string of the molecule is COBNCCCN1CCCN(C(=O)CCC(C)C2CCC3C4C(O)CC5CC(O)CCC5(C)C4CC(O)C23C)C(C2CCC3C4C(O)CC5CC(O)CCC5(C)C4CC(O)C32C)CCC1=O. The van der Waals surface area contributed by atoms with E-state index in [-0.39, 0.29) is 111 Å². The highest BCUT2D eigenvalue weighted by molar-refractivity contribution is 6.23. The molecule has 1 heterocycles. The molecular weight excluding hydrogens is 845 g/mol. The van der Waals surface area contributed by atoms with Crippen LogP contribution in [0.25, 0.3) is 0 Å². The van der Waals surface area contributed by atoms with Gasteiger partial charge in [0.2, 0.25) is 11.8 Å². The first-order chi connectivity index (χ1) is 31.9. The molecule has 1 aliphatic heterocycles. The minimum Gasteiger partial charge on any atom is -0.427 e. The van der Waals surface area contributed by atoms with E-state index < -0.39 is 29.8 Å². The van der Waals surface area contributed by atoms with Gasteiger partial charge >= 0.3 is 7.62 Å². The van der Waals surface area contributed by atoms with E-state index in [1.54, 1.807) is 7.11 Å². The van der Waals surface area contributed by atoms with Crippen LogP contribution in [0.1, 0.15) is 163 Å². The first-order valence-electron chi connectivity index (χ1n) is 27.7. The standard InChI is InChI=1S/C54H92BN3O9/c1-31(36-10-12-38-49-40(29-45(63)53(36,38)4)51(2)19-17-34(59)25-32(51)27-43(49)61)9-15-48(66)58-24-8-23-57(22-7-21-56-55-67-6)47(65)16-14-42(58)37-11-13-39-50-41(30-46(64)54(37,39)5)52(3)20-18-35(60)26-33(52)28-44(50)62/h31-46,49-50,55-56,59-64H,7-30H2,1-6H3. The van der Waals surface area contributed by atoms with Crippen molar-refractivity contribution in [1.82, 2.24) is 15.0 Å². The van der Waals surface area contributed by atoms with E-state index in [1.165, 1.54) is 0 Å². The molecule has 9 rings (SSSR count). The van der Waals surface area contributed by atoms with Crippen LogP contribution in [0.15, 0.2) is 0 Å². The van der Waals surface area contributed by atoms with Crippen LogP contribution in [-0.2, 0) is 14.2 Å². The Hall–Kier alpha value is -1.32. The molecule has 1 saturated heterocycles. The number of rotatable bonds is 11. The molecule has 0 aromatic carbocycles. The third-order valence-corrected chi connectivity index (χ3v) is 23.2. The van der Waals surface area contributed by atoms with Gasteiger partial charge in [-0.1, -0.05) is 34.6 Å². The lowest BCUT2D eigenvalue weighted by Gasteiger charge is -2.63. The summed E-state index contributed by atoms with van der Waals surface area (Å²) in [6.07, 6.45) is 12.4. The van der Waals surface area contributed by atoms with Gasteiger partial charge in [0, 0.05) is 51.0 Å². The van der Waals surface area contributed by atoms with E-state index in [9.17, 15) is 35.4 Å². The first kappa shape index (κ1) is 50.6. The van der Waals surface area contributed by atoms with Gasteiger partial charge < -0.3 is 50.3 Å². The van der Waals surface area contributed by atoms with Crippen molar-refractivity contribution in [1.29, 1.82) is 0 Å². The first-order valence-corrected chi connectivity index (χ1v) is 27.7. The molecule has 12 nitrogen and oxygen atoms in total. The molecule has 2 amide bonds. The van der Waals surface area contributed by atoms with E-state index in [1.807, 2.05) is 4.90 Å². The molecule has 0 spiro atoms. The second kappa shape index (κ2) is 19.6. The second-order valence-corrected chi connectivity index (χ2v) is 25.8. The van der Waals surface area contributed by atoms with Crippen LogP contribution in [0, 0.1) is 86.8 Å². The summed E-state index contributed by atoms with van der Waals surface area (Å²) >= 11 is 0. The van der Waals surface area contributed by atoms with Crippen LogP contribution >= 0.6 is 0 Å². The number of fused-ring (bicyclic) bond motifs is 10. The smallest absolute Gasteiger partial charge is 0.360 e. The van der Waals surface area contributed by atoms with Gasteiger partial charge in [0.15, 0.2) is 0 Å². The zero-order valence-corrected chi connectivity index (χ0v) is 42.4. The maximum absolute atomic E-state index is 15.2. The highest BCUT2D eigenvalue weighted by Crippen LogP contribution is 2.70. The van der Waals surface area contributed by atoms with Gasteiger partial charge in [-0.25, -0.2) is 0 Å². The van der Waals surface area contributed by atoms with Gasteiger partial charge in [-0.3, -0.25) is 9.59 Å². The summed E-state index contributed by atoms with van der Waals surface area (Å²) in [6.45, 7) is 14.2. The average Bonchev–Trinajstić information content (AvgIpc) is 3.85. The highest BCUT2D eigenvalue weighted by Gasteiger charge is 2.68. The lowest BCUT2D eigenvalue weighted by Crippen LogP contribution is -2.63. The van der Waals surface area contributed by atoms with Crippen LogP contribution in [0.4, 0.5) is 0 Å². The van der Waals surface area contributed by atoms with E-state index in [4.69, 9.17) is 4.65 Å². The minimum absolute atomic E-state index is 0.00559. The Bertz CT molecular complexity index is 1760. The lowest BCUT2D eigenvalue weighted by molar-refractivity contribution is -0.208. The summed E-state index contributed by atoms with van der Waals surface area (Å²) in [6, 6.07) is -0.200. The van der Waals surface area contributed by atoms with Crippen molar-refractivity contribution in [2.24, 2.45) is 86.8 Å². The average molecular weight is 938 g/mol. The molecule has 0 bridgehead atoms. The van der Waals surface area contributed by atoms with Crippen molar-refractivity contribution >= 4 is 19.4 Å². The van der Waals surface area contributed by atoms with E-state index in [0.717, 1.165) is 83.6 Å². The summed E-state index contributed by atoms with van der Waals surface area (Å²) in [5.74, 6) is 2.20. The molecule has 22 unspecified atom stereocenters. The quantitative estimate of drug-likeness (QED) is 0.104. The Morgan fingerprint density at radius 3 is 1.91 bits per heavy atom. The van der Waals surface area contributed by atoms with Crippen molar-refractivity contribution < 1.29 is 44.9 Å². The summed E-state index contributed by atoms with van der Waals surface area (Å²) in [4.78, 5) is 33.4. The van der Waals surface area contributed by atoms with Gasteiger partial charge in [0.25, 0.3) is 0 Å². The fourth-order valence-electron chi connectivity index (χ4n) is 19.5. The summed E-state index contributed by atoms with van der Waals surface area (Å²) < 4.78 is 5.17. The molecule has 8 aliphatic carbocycles. The van der Waals surface area contributed by atoms with Gasteiger partial charge in [-0.15, -0.1) is 0 Å². The Morgan fingerprint density at radius 1 is 0.731 bits per heavy atom. The van der Waals surface area contributed by atoms with Crippen molar-refractivity contribution in [3.05, 3.63) is 0 Å². The number of aliphatic hydroxyl groups excluding tert-OH is 6. The highest BCUT2D eigenvalue weighted by atomic mass is 16.4. The molecule has 8 saturated carbocycles. The van der Waals surface area contributed by atoms with Crippen molar-refractivity contribution in [3.63, 3.8) is 0 Å². The molecule has 0 aromatic rings. The largest absolute Gasteiger partial charge is 0.427 e. The molecule has 0 aromatic heterocycles. The molecule has 67 heavy (non-hydrogen) atoms. The van der Waals surface area contributed by atoms with Gasteiger partial charge in [-0.2, -0.15) is 0 Å². The lowest BCUT2D eigenvalue weighted by atomic mass is 9.43. The van der Waals surface area contributed by atoms with Crippen molar-refractivity contribution in [3.8, 4) is 0 Å². The van der Waals surface area contributed by atoms with Gasteiger partial charge in [-0.05, 0) is 203 Å². The zero-order chi connectivity index (χ0) is 47.8. The zero-order valence-electron chi connectivity index (χ0n) is 42.4. The maximum Gasteiger partial charge on any atom is 0.360 e. The molecule has 0 radical (unpaired) electrons. The Labute approximate surface area is 403 Å². The van der Waals surface area contributed by atoms with Crippen LogP contribution in [0.5, 0.6) is 0 Å². The fraction of sp³-hybridized carbons (Fsp3) is 0.963. The molecule has 9 aliphatic rings. The number of aliphatic hydroxyl groups is 6. The molecule has 22 atom stereocenters. The van der Waals surface area contributed by atoms with Crippen molar-refractivity contribution in [2.75, 3.05) is 33.3 Å². The summed E-state index contributed by atoms with van der Waals surface area (Å²) in [5, 5.41) is 73.4. The summed E-state index contributed by atoms with van der Waals surface area (Å²) in [7, 11) is 2.13. The number of hydrogen-bond donors (Lipinski definition) is 7. The normalized spacial score (nSPS) is 50.3. The van der Waals surface area contributed by atoms with E-state index >= 15 is 4.79 Å². The van der Waals surface area contributed by atoms with E-state index in [0.29, 0.717) is 78.6 Å². The number of hydrogen-bond acceptors (Lipinski definition) is 10. The van der Waals surface area contributed by atoms with Crippen LogP contribution in [-0.4, -0.2) is 136 Å². The third kappa shape index (κ3) is 8.62. The van der Waals surface area contributed by atoms with Crippen LogP contribution in [0.3, 0.4) is 0 Å². The van der Waals surface area contributed by atoms with E-state index in [2.05, 4.69) is 44.7 Å². The number of carbonyl (C=O) groups excluding carboxylic acids is 2. The molecule has 7 N–H and O–H groups in total. The van der Waals surface area contributed by atoms with Crippen LogP contribution in [0.2, 0.25) is 0 Å². The minimum atomic E-state index is -0.587. The monoisotopic (exact) mass is 938 g/mol. The third-order valence-electron chi connectivity index (χ3n) is 23.2.